The normalized spacial score (nSPS) is 22.3. The summed E-state index contributed by atoms with van der Waals surface area (Å²) in [6.07, 6.45) is 2.50. The summed E-state index contributed by atoms with van der Waals surface area (Å²) in [7, 11) is 0. The third kappa shape index (κ3) is 3.49. The third-order valence-corrected chi connectivity index (χ3v) is 6.66. The van der Waals surface area contributed by atoms with Gasteiger partial charge in [-0.15, -0.1) is 11.3 Å². The lowest BCUT2D eigenvalue weighted by Crippen LogP contribution is -2.51. The van der Waals surface area contributed by atoms with Crippen LogP contribution in [-0.2, 0) is 22.5 Å². The van der Waals surface area contributed by atoms with Crippen molar-refractivity contribution in [3.63, 3.8) is 0 Å². The molecule has 0 bridgehead atoms. The monoisotopic (exact) mass is 385 g/mol. The number of nitrogens with zero attached hydrogens (tertiary/aromatic N) is 2. The fourth-order valence-corrected chi connectivity index (χ4v) is 4.99. The molecule has 3 heterocycles. The molecular formula is C20H23N3O3S. The van der Waals surface area contributed by atoms with Gasteiger partial charge in [0.15, 0.2) is 0 Å². The van der Waals surface area contributed by atoms with Crippen LogP contribution in [0.5, 0.6) is 0 Å². The van der Waals surface area contributed by atoms with Crippen molar-refractivity contribution in [2.24, 2.45) is 5.73 Å². The van der Waals surface area contributed by atoms with Crippen molar-refractivity contribution in [1.82, 2.24) is 9.88 Å². The maximum atomic E-state index is 13.3. The molecule has 0 spiro atoms. The van der Waals surface area contributed by atoms with Crippen LogP contribution in [-0.4, -0.2) is 41.0 Å². The molecule has 1 aromatic carbocycles. The van der Waals surface area contributed by atoms with Crippen LogP contribution in [0.1, 0.15) is 50.3 Å². The molecule has 0 radical (unpaired) electrons. The van der Waals surface area contributed by atoms with E-state index in [9.17, 15) is 9.59 Å². The van der Waals surface area contributed by atoms with Crippen LogP contribution in [0.25, 0.3) is 0 Å². The molecule has 1 aromatic heterocycles. The molecule has 142 valence electrons. The lowest BCUT2D eigenvalue weighted by Gasteiger charge is -2.34. The first-order valence-corrected chi connectivity index (χ1v) is 10.1. The van der Waals surface area contributed by atoms with E-state index < -0.39 is 11.9 Å². The predicted octanol–water partition coefficient (Wildman–Crippen LogP) is 2.40. The lowest BCUT2D eigenvalue weighted by molar-refractivity contribution is -0.122. The van der Waals surface area contributed by atoms with Crippen LogP contribution in [0.4, 0.5) is 0 Å². The molecule has 7 heteroatoms. The summed E-state index contributed by atoms with van der Waals surface area (Å²) < 4.78 is 5.56. The number of thiazole rings is 1. The summed E-state index contributed by atoms with van der Waals surface area (Å²) in [4.78, 5) is 32.2. The van der Waals surface area contributed by atoms with Gasteiger partial charge in [0.2, 0.25) is 5.91 Å². The molecule has 2 aliphatic rings. The zero-order valence-corrected chi connectivity index (χ0v) is 16.1. The van der Waals surface area contributed by atoms with Crippen molar-refractivity contribution in [2.45, 2.75) is 44.7 Å². The topological polar surface area (TPSA) is 85.5 Å². The summed E-state index contributed by atoms with van der Waals surface area (Å²) >= 11 is 1.43. The molecule has 2 aliphatic heterocycles. The van der Waals surface area contributed by atoms with Gasteiger partial charge in [-0.25, -0.2) is 4.98 Å². The van der Waals surface area contributed by atoms with E-state index in [1.807, 2.05) is 31.2 Å². The number of primary amides is 1. The predicted molar refractivity (Wildman–Crippen MR) is 103 cm³/mol. The van der Waals surface area contributed by atoms with E-state index in [4.69, 9.17) is 10.5 Å². The van der Waals surface area contributed by atoms with Gasteiger partial charge in [-0.1, -0.05) is 24.3 Å². The van der Waals surface area contributed by atoms with Crippen LogP contribution in [0, 0.1) is 6.92 Å². The molecule has 0 saturated carbocycles. The minimum absolute atomic E-state index is 0.161. The fourth-order valence-electron chi connectivity index (χ4n) is 3.85. The average molecular weight is 385 g/mol. The Morgan fingerprint density at radius 1 is 1.30 bits per heavy atom. The maximum Gasteiger partial charge on any atom is 0.266 e. The number of rotatable bonds is 3. The number of amides is 2. The van der Waals surface area contributed by atoms with Crippen molar-refractivity contribution in [3.8, 4) is 0 Å². The smallest absolute Gasteiger partial charge is 0.266 e. The number of nitrogens with two attached hydrogens (primary N) is 1. The van der Waals surface area contributed by atoms with Crippen LogP contribution >= 0.6 is 11.3 Å². The number of benzene rings is 1. The Balaban J connectivity index is 1.63. The number of fused-ring (bicyclic) bond motifs is 1. The highest BCUT2D eigenvalue weighted by atomic mass is 32.1. The highest BCUT2D eigenvalue weighted by Crippen LogP contribution is 2.33. The number of carbonyl (C=O) groups is 2. The summed E-state index contributed by atoms with van der Waals surface area (Å²) in [6.45, 7) is 3.69. The van der Waals surface area contributed by atoms with Crippen molar-refractivity contribution in [1.29, 1.82) is 0 Å². The first kappa shape index (κ1) is 18.1. The first-order chi connectivity index (χ1) is 13.0. The van der Waals surface area contributed by atoms with Gasteiger partial charge >= 0.3 is 0 Å². The Hall–Kier alpha value is -2.25. The lowest BCUT2D eigenvalue weighted by atomic mass is 9.93. The van der Waals surface area contributed by atoms with E-state index >= 15 is 0 Å². The highest BCUT2D eigenvalue weighted by Gasteiger charge is 2.35. The Labute approximate surface area is 162 Å². The van der Waals surface area contributed by atoms with Gasteiger partial charge in [-0.2, -0.15) is 0 Å². The van der Waals surface area contributed by atoms with Crippen molar-refractivity contribution >= 4 is 23.2 Å². The van der Waals surface area contributed by atoms with Crippen LogP contribution < -0.4 is 5.73 Å². The second-order valence-corrected chi connectivity index (χ2v) is 8.24. The van der Waals surface area contributed by atoms with Crippen molar-refractivity contribution < 1.29 is 14.3 Å². The molecule has 0 aliphatic carbocycles. The van der Waals surface area contributed by atoms with Gasteiger partial charge in [0.05, 0.1) is 17.3 Å². The average Bonchev–Trinajstić information content (AvgIpc) is 3.08. The Kier molecular flexibility index (Phi) is 4.97. The molecule has 2 aromatic rings. The highest BCUT2D eigenvalue weighted by molar-refractivity contribution is 7.13. The first-order valence-electron chi connectivity index (χ1n) is 9.26. The summed E-state index contributed by atoms with van der Waals surface area (Å²) in [5, 5.41) is 0.948. The van der Waals surface area contributed by atoms with Gasteiger partial charge < -0.3 is 15.4 Å². The van der Waals surface area contributed by atoms with E-state index in [-0.39, 0.29) is 11.8 Å². The van der Waals surface area contributed by atoms with E-state index in [1.54, 1.807) is 4.90 Å². The van der Waals surface area contributed by atoms with Crippen LogP contribution in [0.3, 0.4) is 0 Å². The second kappa shape index (κ2) is 7.40. The van der Waals surface area contributed by atoms with Gasteiger partial charge in [0.25, 0.3) is 5.91 Å². The zero-order chi connectivity index (χ0) is 19.0. The Morgan fingerprint density at radius 3 is 2.78 bits per heavy atom. The Bertz CT molecular complexity index is 873. The van der Waals surface area contributed by atoms with Gasteiger partial charge in [-0.05, 0) is 30.9 Å². The molecule has 2 N–H and O–H groups in total. The molecule has 4 rings (SSSR count). The largest absolute Gasteiger partial charge is 0.381 e. The molecule has 1 unspecified atom stereocenters. The molecule has 2 amide bonds. The van der Waals surface area contributed by atoms with Gasteiger partial charge in [-0.3, -0.25) is 9.59 Å². The quantitative estimate of drug-likeness (QED) is 0.879. The number of hydrogen-bond donors (Lipinski definition) is 1. The minimum atomic E-state index is -0.629. The summed E-state index contributed by atoms with van der Waals surface area (Å²) in [6, 6.07) is 7.25. The van der Waals surface area contributed by atoms with Gasteiger partial charge in [0.1, 0.15) is 10.9 Å². The van der Waals surface area contributed by atoms with E-state index in [0.717, 1.165) is 35.6 Å². The van der Waals surface area contributed by atoms with Gasteiger partial charge in [0, 0.05) is 25.5 Å². The second-order valence-electron chi connectivity index (χ2n) is 7.20. The number of aromatic nitrogens is 1. The zero-order valence-electron chi connectivity index (χ0n) is 15.3. The van der Waals surface area contributed by atoms with Crippen LogP contribution in [0.15, 0.2) is 24.3 Å². The molecule has 1 saturated heterocycles. The minimum Gasteiger partial charge on any atom is -0.381 e. The van der Waals surface area contributed by atoms with E-state index in [2.05, 4.69) is 4.98 Å². The molecule has 1 fully saturated rings. The fraction of sp³-hybridized carbons (Fsp3) is 0.450. The maximum absolute atomic E-state index is 13.3. The molecule has 6 nitrogen and oxygen atoms in total. The van der Waals surface area contributed by atoms with Crippen molar-refractivity contribution in [2.75, 3.05) is 13.2 Å². The van der Waals surface area contributed by atoms with E-state index in [1.165, 1.54) is 11.3 Å². The number of ether oxygens (including phenoxy) is 1. The molecular weight excluding hydrogens is 362 g/mol. The Morgan fingerprint density at radius 2 is 2.07 bits per heavy atom. The number of aryl methyl sites for hydroxylation is 1. The summed E-state index contributed by atoms with van der Waals surface area (Å²) in [5.74, 6) is -0.384. The SMILES string of the molecule is Cc1nc(C2CCCOC2)sc1C(=O)N1Cc2ccccc2C[C@H]1C(N)=O. The van der Waals surface area contributed by atoms with Crippen molar-refractivity contribution in [3.05, 3.63) is 51.0 Å². The molecule has 2 atom stereocenters. The summed E-state index contributed by atoms with van der Waals surface area (Å²) in [5.41, 5.74) is 8.48. The van der Waals surface area contributed by atoms with Crippen LogP contribution in [0.2, 0.25) is 0 Å². The number of hydrogen-bond acceptors (Lipinski definition) is 5. The number of carbonyl (C=O) groups excluding carboxylic acids is 2. The standard InChI is InChI=1S/C20H23N3O3S/c1-12-17(27-19(22-12)15-7-4-8-26-11-15)20(25)23-10-14-6-3-2-5-13(14)9-16(23)18(21)24/h2-3,5-6,15-16H,4,7-11H2,1H3,(H2,21,24)/t15?,16-/m0/s1. The van der Waals surface area contributed by atoms with E-state index in [0.29, 0.717) is 30.1 Å². The third-order valence-electron chi connectivity index (χ3n) is 5.35. The molecule has 27 heavy (non-hydrogen) atoms.